The van der Waals surface area contributed by atoms with Crippen LogP contribution < -0.4 is 0 Å². The van der Waals surface area contributed by atoms with Gasteiger partial charge in [-0.2, -0.15) is 0 Å². The summed E-state index contributed by atoms with van der Waals surface area (Å²) in [6.07, 6.45) is 0. The maximum Gasteiger partial charge on any atom is -0.0155 e. The molecule has 0 N–H and O–H groups in total. The maximum atomic E-state index is 2.16. The van der Waals surface area contributed by atoms with E-state index in [1.165, 1.54) is 21.9 Å². The number of benzene rings is 3. The lowest BCUT2D eigenvalue weighted by Crippen LogP contribution is -1.75. The third-order valence-corrected chi connectivity index (χ3v) is 2.95. The van der Waals surface area contributed by atoms with E-state index >= 15 is 0 Å². The van der Waals surface area contributed by atoms with Crippen LogP contribution in [0.25, 0.3) is 10.8 Å². The first-order chi connectivity index (χ1) is 9.77. The maximum absolute atomic E-state index is 2.16. The van der Waals surface area contributed by atoms with E-state index in [2.05, 4.69) is 68.4 Å². The Morgan fingerprint density at radius 2 is 1.10 bits per heavy atom. The van der Waals surface area contributed by atoms with Crippen molar-refractivity contribution in [3.05, 3.63) is 83.9 Å². The van der Waals surface area contributed by atoms with Gasteiger partial charge in [-0.05, 0) is 30.2 Å². The molecule has 0 fully saturated rings. The third-order valence-electron chi connectivity index (χ3n) is 2.95. The second-order valence-corrected chi connectivity index (χ2v) is 4.45. The van der Waals surface area contributed by atoms with Gasteiger partial charge >= 0.3 is 0 Å². The van der Waals surface area contributed by atoms with Gasteiger partial charge in [0.1, 0.15) is 0 Å². The molecule has 21 heavy (non-hydrogen) atoms. The molecule has 3 rings (SSSR count). The molecule has 112 valence electrons. The van der Waals surface area contributed by atoms with Crippen LogP contribution in [0.4, 0.5) is 0 Å². The third kappa shape index (κ3) is 6.27. The summed E-state index contributed by atoms with van der Waals surface area (Å²) in [7, 11) is 0. The van der Waals surface area contributed by atoms with Crippen LogP contribution in [0, 0.1) is 13.8 Å². The van der Waals surface area contributed by atoms with Crippen LogP contribution in [0.5, 0.6) is 0 Å². The van der Waals surface area contributed by atoms with Crippen LogP contribution in [0.1, 0.15) is 32.4 Å². The van der Waals surface area contributed by atoms with Crippen molar-refractivity contribution in [2.45, 2.75) is 35.1 Å². The molecule has 0 bridgehead atoms. The fourth-order valence-electron chi connectivity index (χ4n) is 1.92. The van der Waals surface area contributed by atoms with Gasteiger partial charge in [-0.1, -0.05) is 99.6 Å². The lowest BCUT2D eigenvalue weighted by molar-refractivity contribution is 1.48. The van der Waals surface area contributed by atoms with Crippen LogP contribution in [-0.4, -0.2) is 0 Å². The highest BCUT2D eigenvalue weighted by molar-refractivity contribution is 5.85. The minimum Gasteiger partial charge on any atom is -0.0776 e. The van der Waals surface area contributed by atoms with Gasteiger partial charge in [-0.3, -0.25) is 0 Å². The summed E-state index contributed by atoms with van der Waals surface area (Å²) >= 11 is 0. The summed E-state index contributed by atoms with van der Waals surface area (Å²) < 4.78 is 0. The molecule has 0 aromatic heterocycles. The molecule has 0 spiro atoms. The Morgan fingerprint density at radius 3 is 1.62 bits per heavy atom. The lowest BCUT2D eigenvalue weighted by Gasteiger charge is -1.98. The average Bonchev–Trinajstić information content (AvgIpc) is 2.51. The minimum atomic E-state index is 0. The minimum absolute atomic E-state index is 0. The molecule has 0 aliphatic heterocycles. The highest BCUT2D eigenvalue weighted by atomic mass is 14.0. The molecule has 0 radical (unpaired) electrons. The van der Waals surface area contributed by atoms with Crippen molar-refractivity contribution in [1.82, 2.24) is 0 Å². The highest BCUT2D eigenvalue weighted by Gasteiger charge is 1.92. The van der Waals surface area contributed by atoms with E-state index in [0.29, 0.717) is 0 Å². The normalized spacial score (nSPS) is 8.57. The molecular weight excluding hydrogens is 252 g/mol. The molecule has 0 unspecified atom stereocenters. The van der Waals surface area contributed by atoms with Crippen molar-refractivity contribution in [2.75, 3.05) is 0 Å². The van der Waals surface area contributed by atoms with E-state index < -0.39 is 0 Å². The quantitative estimate of drug-likeness (QED) is 0.424. The first-order valence-corrected chi connectivity index (χ1v) is 7.23. The van der Waals surface area contributed by atoms with Crippen molar-refractivity contribution < 1.29 is 0 Å². The van der Waals surface area contributed by atoms with Crippen molar-refractivity contribution in [3.63, 3.8) is 0 Å². The molecule has 0 heteroatoms. The molecule has 0 aliphatic carbocycles. The molecule has 3 aromatic carbocycles. The van der Waals surface area contributed by atoms with Gasteiger partial charge in [0.2, 0.25) is 0 Å². The topological polar surface area (TPSA) is 0 Å². The summed E-state index contributed by atoms with van der Waals surface area (Å²) in [4.78, 5) is 0. The fraction of sp³-hybridized carbons (Fsp3) is 0.238. The number of hydrogen-bond acceptors (Lipinski definition) is 0. The Morgan fingerprint density at radius 1 is 0.571 bits per heavy atom. The van der Waals surface area contributed by atoms with Crippen LogP contribution >= 0.6 is 0 Å². The van der Waals surface area contributed by atoms with Crippen LogP contribution in [0.15, 0.2) is 72.8 Å². The Labute approximate surface area is 130 Å². The standard InChI is InChI=1S/C11H10.C7H8.C2H6.CH4/c1-9-5-4-7-10-6-2-3-8-11(9)10;1-7-5-3-2-4-6-7;1-2;/h2-8H,1H3;2-6H,1H3;1-2H3;1H4. The van der Waals surface area contributed by atoms with Crippen LogP contribution in [-0.2, 0) is 0 Å². The zero-order valence-corrected chi connectivity index (χ0v) is 12.9. The second kappa shape index (κ2) is 10.7. The van der Waals surface area contributed by atoms with Crippen LogP contribution in [0.2, 0.25) is 0 Å². The highest BCUT2D eigenvalue weighted by Crippen LogP contribution is 2.16. The Kier molecular flexibility index (Phi) is 9.62. The van der Waals surface area contributed by atoms with Crippen molar-refractivity contribution in [1.29, 1.82) is 0 Å². The van der Waals surface area contributed by atoms with Gasteiger partial charge in [0, 0.05) is 0 Å². The summed E-state index contributed by atoms with van der Waals surface area (Å²) in [5, 5.41) is 2.68. The van der Waals surface area contributed by atoms with E-state index in [1.807, 2.05) is 32.0 Å². The van der Waals surface area contributed by atoms with E-state index in [4.69, 9.17) is 0 Å². The van der Waals surface area contributed by atoms with E-state index in [9.17, 15) is 0 Å². The molecule has 0 saturated heterocycles. The van der Waals surface area contributed by atoms with Gasteiger partial charge in [0.05, 0.1) is 0 Å². The molecule has 0 heterocycles. The molecular formula is C21H28. The van der Waals surface area contributed by atoms with Crippen LogP contribution in [0.3, 0.4) is 0 Å². The lowest BCUT2D eigenvalue weighted by atomic mass is 10.1. The molecule has 0 nitrogen and oxygen atoms in total. The largest absolute Gasteiger partial charge is 0.0776 e. The smallest absolute Gasteiger partial charge is 0.0155 e. The van der Waals surface area contributed by atoms with Crippen molar-refractivity contribution >= 4 is 10.8 Å². The van der Waals surface area contributed by atoms with E-state index in [1.54, 1.807) is 0 Å². The van der Waals surface area contributed by atoms with E-state index in [0.717, 1.165) is 0 Å². The Balaban J connectivity index is 0.000000351. The monoisotopic (exact) mass is 280 g/mol. The molecule has 0 aliphatic rings. The van der Waals surface area contributed by atoms with E-state index in [-0.39, 0.29) is 7.43 Å². The van der Waals surface area contributed by atoms with Gasteiger partial charge in [0.25, 0.3) is 0 Å². The predicted molar refractivity (Wildman–Crippen MR) is 97.9 cm³/mol. The summed E-state index contributed by atoms with van der Waals surface area (Å²) in [6, 6.07) is 25.1. The zero-order chi connectivity index (χ0) is 14.8. The van der Waals surface area contributed by atoms with Gasteiger partial charge in [-0.15, -0.1) is 0 Å². The Bertz CT molecular complexity index is 604. The SMILES string of the molecule is C.CC.Cc1cccc2ccccc12.Cc1ccccc1. The first-order valence-electron chi connectivity index (χ1n) is 7.23. The Hall–Kier alpha value is -2.08. The predicted octanol–water partition coefficient (Wildman–Crippen LogP) is 6.81. The molecule has 0 amide bonds. The number of hydrogen-bond donors (Lipinski definition) is 0. The molecule has 0 saturated carbocycles. The van der Waals surface area contributed by atoms with Crippen molar-refractivity contribution in [3.8, 4) is 0 Å². The first kappa shape index (κ1) is 18.9. The summed E-state index contributed by atoms with van der Waals surface area (Å²) in [5.41, 5.74) is 2.67. The number of fused-ring (bicyclic) bond motifs is 1. The number of rotatable bonds is 0. The van der Waals surface area contributed by atoms with Crippen molar-refractivity contribution in [2.24, 2.45) is 0 Å². The van der Waals surface area contributed by atoms with Gasteiger partial charge < -0.3 is 0 Å². The zero-order valence-electron chi connectivity index (χ0n) is 12.9. The fourth-order valence-corrected chi connectivity index (χ4v) is 1.92. The number of aryl methyl sites for hydroxylation is 2. The molecule has 0 atom stereocenters. The summed E-state index contributed by atoms with van der Waals surface area (Å²) in [6.45, 7) is 8.22. The summed E-state index contributed by atoms with van der Waals surface area (Å²) in [5.74, 6) is 0. The second-order valence-electron chi connectivity index (χ2n) is 4.45. The molecule has 3 aromatic rings. The van der Waals surface area contributed by atoms with Gasteiger partial charge in [0.15, 0.2) is 0 Å². The average molecular weight is 280 g/mol. The van der Waals surface area contributed by atoms with Gasteiger partial charge in [-0.25, -0.2) is 0 Å².